The molecule has 0 amide bonds. The van der Waals surface area contributed by atoms with E-state index < -0.39 is 0 Å². The first-order valence-electron chi connectivity index (χ1n) is 9.50. The average molecular weight is 435 g/mol. The highest BCUT2D eigenvalue weighted by molar-refractivity contribution is 6.39. The lowest BCUT2D eigenvalue weighted by molar-refractivity contribution is 0.288. The molecule has 0 atom stereocenters. The Hall–Kier alpha value is -2.28. The summed E-state index contributed by atoms with van der Waals surface area (Å²) < 4.78 is 11.6. The van der Waals surface area contributed by atoms with Gasteiger partial charge < -0.3 is 20.5 Å². The van der Waals surface area contributed by atoms with Crippen molar-refractivity contribution in [2.24, 2.45) is 5.73 Å². The minimum Gasteiger partial charge on any atom is -0.493 e. The van der Waals surface area contributed by atoms with E-state index in [1.165, 1.54) is 0 Å². The molecular formula is C21H24Cl2N4O2. The summed E-state index contributed by atoms with van der Waals surface area (Å²) in [7, 11) is 1.62. The number of unbranched alkanes of at least 4 members (excludes halogenated alkanes) is 3. The molecule has 29 heavy (non-hydrogen) atoms. The van der Waals surface area contributed by atoms with E-state index in [0.29, 0.717) is 39.4 Å². The van der Waals surface area contributed by atoms with Crippen molar-refractivity contribution in [2.45, 2.75) is 25.7 Å². The zero-order valence-electron chi connectivity index (χ0n) is 16.3. The summed E-state index contributed by atoms with van der Waals surface area (Å²) in [6, 6.07) is 5.66. The number of hydrogen-bond donors (Lipinski definition) is 2. The van der Waals surface area contributed by atoms with Gasteiger partial charge in [0.1, 0.15) is 5.52 Å². The van der Waals surface area contributed by atoms with E-state index in [-0.39, 0.29) is 0 Å². The number of hydrogen-bond acceptors (Lipinski definition) is 6. The molecule has 0 saturated carbocycles. The molecule has 3 aromatic rings. The standard InChI is InChI=1S/C21H24Cl2N4O2/c1-28-18-7-6-14-17(27-20-15(22)12-25-13-16(20)23)8-10-26-19(14)21(18)29-11-5-3-2-4-9-24/h6-8,10,12-13H,2-5,9,11,24H2,1H3,(H,25,26,27). The maximum absolute atomic E-state index is 6.25. The molecule has 0 saturated heterocycles. The molecule has 0 unspecified atom stereocenters. The molecule has 0 radical (unpaired) electrons. The molecule has 0 aliphatic carbocycles. The molecule has 3 N–H and O–H groups in total. The summed E-state index contributed by atoms with van der Waals surface area (Å²) in [6.45, 7) is 1.31. The van der Waals surface area contributed by atoms with Crippen LogP contribution in [0, 0.1) is 0 Å². The average Bonchev–Trinajstić information content (AvgIpc) is 2.73. The van der Waals surface area contributed by atoms with Gasteiger partial charge in [0.25, 0.3) is 0 Å². The molecule has 0 aliphatic rings. The van der Waals surface area contributed by atoms with Crippen LogP contribution in [0.4, 0.5) is 11.4 Å². The van der Waals surface area contributed by atoms with Crippen LogP contribution in [0.25, 0.3) is 10.9 Å². The fraction of sp³-hybridized carbons (Fsp3) is 0.333. The molecule has 0 aliphatic heterocycles. The van der Waals surface area contributed by atoms with Gasteiger partial charge >= 0.3 is 0 Å². The van der Waals surface area contributed by atoms with Crippen LogP contribution in [0.15, 0.2) is 36.8 Å². The summed E-state index contributed by atoms with van der Waals surface area (Å²) in [5.41, 5.74) is 7.64. The normalized spacial score (nSPS) is 10.9. The second kappa shape index (κ2) is 10.5. The van der Waals surface area contributed by atoms with E-state index in [9.17, 15) is 0 Å². The van der Waals surface area contributed by atoms with Crippen molar-refractivity contribution in [1.82, 2.24) is 9.97 Å². The molecule has 6 nitrogen and oxygen atoms in total. The van der Waals surface area contributed by atoms with Crippen molar-refractivity contribution in [3.05, 3.63) is 46.8 Å². The SMILES string of the molecule is COc1ccc2c(Nc3c(Cl)cncc3Cl)ccnc2c1OCCCCCCN. The predicted octanol–water partition coefficient (Wildman–Crippen LogP) is 5.59. The zero-order valence-corrected chi connectivity index (χ0v) is 17.8. The van der Waals surface area contributed by atoms with Gasteiger partial charge in [-0.2, -0.15) is 0 Å². The number of fused-ring (bicyclic) bond motifs is 1. The topological polar surface area (TPSA) is 82.3 Å². The Kier molecular flexibility index (Phi) is 7.75. The molecule has 2 aromatic heterocycles. The molecule has 0 spiro atoms. The number of anilines is 2. The van der Waals surface area contributed by atoms with Crippen molar-refractivity contribution in [1.29, 1.82) is 0 Å². The number of nitrogens with two attached hydrogens (primary N) is 1. The molecule has 3 rings (SSSR count). The molecule has 0 bridgehead atoms. The molecule has 8 heteroatoms. The lowest BCUT2D eigenvalue weighted by Gasteiger charge is -2.16. The lowest BCUT2D eigenvalue weighted by atomic mass is 10.1. The number of benzene rings is 1. The highest BCUT2D eigenvalue weighted by Gasteiger charge is 2.15. The van der Waals surface area contributed by atoms with E-state index >= 15 is 0 Å². The van der Waals surface area contributed by atoms with Crippen LogP contribution in [-0.2, 0) is 0 Å². The molecule has 0 fully saturated rings. The van der Waals surface area contributed by atoms with Crippen molar-refractivity contribution in [3.63, 3.8) is 0 Å². The summed E-state index contributed by atoms with van der Waals surface area (Å²) in [5, 5.41) is 5.03. The highest BCUT2D eigenvalue weighted by Crippen LogP contribution is 2.39. The first kappa shape index (κ1) is 21.4. The van der Waals surface area contributed by atoms with Crippen molar-refractivity contribution in [2.75, 3.05) is 25.6 Å². The van der Waals surface area contributed by atoms with E-state index in [1.54, 1.807) is 25.7 Å². The first-order valence-corrected chi connectivity index (χ1v) is 10.3. The largest absolute Gasteiger partial charge is 0.493 e. The van der Waals surface area contributed by atoms with Crippen LogP contribution in [0.2, 0.25) is 10.0 Å². The Morgan fingerprint density at radius 2 is 1.79 bits per heavy atom. The number of nitrogens with zero attached hydrogens (tertiary/aromatic N) is 2. The quantitative estimate of drug-likeness (QED) is 0.404. The van der Waals surface area contributed by atoms with Crippen LogP contribution in [-0.4, -0.2) is 30.2 Å². The second-order valence-corrected chi connectivity index (χ2v) is 7.32. The number of ether oxygens (including phenoxy) is 2. The van der Waals surface area contributed by atoms with Gasteiger partial charge in [-0.25, -0.2) is 0 Å². The summed E-state index contributed by atoms with van der Waals surface area (Å²) in [4.78, 5) is 8.51. The van der Waals surface area contributed by atoms with Crippen molar-refractivity contribution < 1.29 is 9.47 Å². The molecular weight excluding hydrogens is 411 g/mol. The Labute approximate surface area is 180 Å². The Bertz CT molecular complexity index is 949. The monoisotopic (exact) mass is 434 g/mol. The third-order valence-electron chi connectivity index (χ3n) is 4.51. The van der Waals surface area contributed by atoms with E-state index in [2.05, 4.69) is 15.3 Å². The third kappa shape index (κ3) is 5.21. The number of nitrogens with one attached hydrogen (secondary N) is 1. The summed E-state index contributed by atoms with van der Waals surface area (Å²) >= 11 is 12.5. The zero-order chi connectivity index (χ0) is 20.6. The van der Waals surface area contributed by atoms with Crippen LogP contribution in [0.3, 0.4) is 0 Å². The predicted molar refractivity (Wildman–Crippen MR) is 119 cm³/mol. The number of rotatable bonds is 10. The Balaban J connectivity index is 1.88. The second-order valence-electron chi connectivity index (χ2n) is 6.51. The third-order valence-corrected chi connectivity index (χ3v) is 5.08. The fourth-order valence-corrected chi connectivity index (χ4v) is 3.48. The number of pyridine rings is 2. The van der Waals surface area contributed by atoms with Crippen LogP contribution in [0.5, 0.6) is 11.5 Å². The molecule has 2 heterocycles. The fourth-order valence-electron chi connectivity index (χ4n) is 3.02. The molecule has 1 aromatic carbocycles. The molecule has 154 valence electrons. The van der Waals surface area contributed by atoms with Gasteiger partial charge in [0, 0.05) is 29.7 Å². The minimum atomic E-state index is 0.435. The van der Waals surface area contributed by atoms with E-state index in [0.717, 1.165) is 43.3 Å². The van der Waals surface area contributed by atoms with Gasteiger partial charge in [-0.1, -0.05) is 36.0 Å². The number of halogens is 2. The van der Waals surface area contributed by atoms with Crippen LogP contribution >= 0.6 is 23.2 Å². The maximum atomic E-state index is 6.25. The number of methoxy groups -OCH3 is 1. The van der Waals surface area contributed by atoms with Gasteiger partial charge in [0.2, 0.25) is 0 Å². The first-order chi connectivity index (χ1) is 14.2. The number of aromatic nitrogens is 2. The summed E-state index contributed by atoms with van der Waals surface area (Å²) in [6.07, 6.45) is 8.95. The maximum Gasteiger partial charge on any atom is 0.187 e. The van der Waals surface area contributed by atoms with Gasteiger partial charge in [0.05, 0.1) is 29.4 Å². The highest BCUT2D eigenvalue weighted by atomic mass is 35.5. The smallest absolute Gasteiger partial charge is 0.187 e. The Morgan fingerprint density at radius 3 is 2.52 bits per heavy atom. The van der Waals surface area contributed by atoms with Gasteiger partial charge in [-0.05, 0) is 37.6 Å². The van der Waals surface area contributed by atoms with Crippen LogP contribution in [0.1, 0.15) is 25.7 Å². The Morgan fingerprint density at radius 1 is 1.03 bits per heavy atom. The van der Waals surface area contributed by atoms with Gasteiger partial charge in [0.15, 0.2) is 11.5 Å². The van der Waals surface area contributed by atoms with E-state index in [4.69, 9.17) is 38.4 Å². The van der Waals surface area contributed by atoms with Crippen molar-refractivity contribution in [3.8, 4) is 11.5 Å². The lowest BCUT2D eigenvalue weighted by Crippen LogP contribution is -2.03. The minimum absolute atomic E-state index is 0.435. The van der Waals surface area contributed by atoms with Crippen molar-refractivity contribution >= 4 is 45.5 Å². The van der Waals surface area contributed by atoms with E-state index in [1.807, 2.05) is 18.2 Å². The van der Waals surface area contributed by atoms with Gasteiger partial charge in [-0.15, -0.1) is 0 Å². The summed E-state index contributed by atoms with van der Waals surface area (Å²) in [5.74, 6) is 1.27. The van der Waals surface area contributed by atoms with Crippen LogP contribution < -0.4 is 20.5 Å². The van der Waals surface area contributed by atoms with Gasteiger partial charge in [-0.3, -0.25) is 9.97 Å².